The SMILES string of the molecule is CC(C)(C)n1nc(-c2ccc(NC(=O)Nc3c(F)cccc3F)cc2)c(C(N)=O)c1N. The van der Waals surface area contributed by atoms with Crippen LogP contribution in [0.2, 0.25) is 0 Å². The maximum Gasteiger partial charge on any atom is 0.323 e. The Morgan fingerprint density at radius 3 is 2.10 bits per heavy atom. The number of amides is 3. The summed E-state index contributed by atoms with van der Waals surface area (Å²) >= 11 is 0. The number of halogens is 2. The monoisotopic (exact) mass is 428 g/mol. The van der Waals surface area contributed by atoms with Crippen LogP contribution in [0.5, 0.6) is 0 Å². The number of hydrogen-bond acceptors (Lipinski definition) is 4. The first-order chi connectivity index (χ1) is 14.5. The average molecular weight is 428 g/mol. The fourth-order valence-corrected chi connectivity index (χ4v) is 2.99. The molecule has 0 saturated heterocycles. The van der Waals surface area contributed by atoms with Gasteiger partial charge in [0, 0.05) is 11.3 Å². The van der Waals surface area contributed by atoms with Crippen molar-refractivity contribution < 1.29 is 18.4 Å². The van der Waals surface area contributed by atoms with Crippen LogP contribution in [-0.4, -0.2) is 21.7 Å². The summed E-state index contributed by atoms with van der Waals surface area (Å²) in [4.78, 5) is 24.1. The van der Waals surface area contributed by atoms with E-state index in [1.807, 2.05) is 20.8 Å². The molecule has 0 aliphatic carbocycles. The molecule has 3 amide bonds. The molecule has 1 heterocycles. The maximum atomic E-state index is 13.7. The molecule has 0 aliphatic rings. The van der Waals surface area contributed by atoms with Crippen molar-refractivity contribution in [3.8, 4) is 11.3 Å². The smallest absolute Gasteiger partial charge is 0.323 e. The molecule has 0 spiro atoms. The summed E-state index contributed by atoms with van der Waals surface area (Å²) in [6.07, 6.45) is 0. The van der Waals surface area contributed by atoms with Gasteiger partial charge in [0.05, 0.1) is 5.54 Å². The number of nitrogen functional groups attached to an aromatic ring is 1. The van der Waals surface area contributed by atoms with E-state index in [2.05, 4.69) is 15.7 Å². The molecule has 162 valence electrons. The van der Waals surface area contributed by atoms with Gasteiger partial charge < -0.3 is 22.1 Å². The zero-order valence-electron chi connectivity index (χ0n) is 17.2. The van der Waals surface area contributed by atoms with Gasteiger partial charge in [-0.2, -0.15) is 5.10 Å². The second-order valence-electron chi connectivity index (χ2n) is 7.81. The number of carbonyl (C=O) groups is 2. The van der Waals surface area contributed by atoms with Gasteiger partial charge in [0.25, 0.3) is 5.91 Å². The molecule has 0 aliphatic heterocycles. The van der Waals surface area contributed by atoms with Crippen LogP contribution >= 0.6 is 0 Å². The zero-order valence-corrected chi connectivity index (χ0v) is 17.2. The first-order valence-electron chi connectivity index (χ1n) is 9.30. The Morgan fingerprint density at radius 2 is 1.58 bits per heavy atom. The topological polar surface area (TPSA) is 128 Å². The van der Waals surface area contributed by atoms with Crippen LogP contribution < -0.4 is 22.1 Å². The number of nitrogens with one attached hydrogen (secondary N) is 2. The summed E-state index contributed by atoms with van der Waals surface area (Å²) in [5, 5.41) is 9.05. The largest absolute Gasteiger partial charge is 0.383 e. The molecule has 31 heavy (non-hydrogen) atoms. The van der Waals surface area contributed by atoms with E-state index in [1.54, 1.807) is 24.3 Å². The van der Waals surface area contributed by atoms with Crippen molar-refractivity contribution in [2.24, 2.45) is 5.73 Å². The van der Waals surface area contributed by atoms with E-state index < -0.39 is 34.8 Å². The summed E-state index contributed by atoms with van der Waals surface area (Å²) in [7, 11) is 0. The number of rotatable bonds is 4. The zero-order chi connectivity index (χ0) is 22.9. The maximum absolute atomic E-state index is 13.7. The number of nitrogens with zero attached hydrogens (tertiary/aromatic N) is 2. The van der Waals surface area contributed by atoms with Crippen LogP contribution in [0.3, 0.4) is 0 Å². The van der Waals surface area contributed by atoms with Gasteiger partial charge in [-0.05, 0) is 45.0 Å². The van der Waals surface area contributed by atoms with Gasteiger partial charge in [0.15, 0.2) is 0 Å². The number of carbonyl (C=O) groups excluding carboxylic acids is 2. The summed E-state index contributed by atoms with van der Waals surface area (Å²) in [5.74, 6) is -2.34. The normalized spacial score (nSPS) is 11.3. The van der Waals surface area contributed by atoms with Crippen molar-refractivity contribution in [1.82, 2.24) is 9.78 Å². The van der Waals surface area contributed by atoms with Crippen molar-refractivity contribution in [2.45, 2.75) is 26.3 Å². The predicted octanol–water partition coefficient (Wildman–Crippen LogP) is 3.91. The van der Waals surface area contributed by atoms with Gasteiger partial charge in [-0.25, -0.2) is 18.3 Å². The van der Waals surface area contributed by atoms with Gasteiger partial charge in [-0.1, -0.05) is 18.2 Å². The van der Waals surface area contributed by atoms with Crippen LogP contribution in [0.1, 0.15) is 31.1 Å². The Kier molecular flexibility index (Phi) is 5.65. The lowest BCUT2D eigenvalue weighted by molar-refractivity contribution is 0.100. The van der Waals surface area contributed by atoms with E-state index in [9.17, 15) is 18.4 Å². The van der Waals surface area contributed by atoms with Crippen LogP contribution in [0, 0.1) is 11.6 Å². The average Bonchev–Trinajstić information content (AvgIpc) is 3.03. The van der Waals surface area contributed by atoms with E-state index in [1.165, 1.54) is 10.7 Å². The molecular weight excluding hydrogens is 406 g/mol. The highest BCUT2D eigenvalue weighted by Crippen LogP contribution is 2.31. The highest BCUT2D eigenvalue weighted by atomic mass is 19.1. The minimum absolute atomic E-state index is 0.100. The molecule has 2 aromatic carbocycles. The third kappa shape index (κ3) is 4.47. The van der Waals surface area contributed by atoms with Crippen molar-refractivity contribution >= 4 is 29.1 Å². The molecule has 10 heteroatoms. The van der Waals surface area contributed by atoms with Crippen LogP contribution in [0.25, 0.3) is 11.3 Å². The number of aromatic nitrogens is 2. The standard InChI is InChI=1S/C21H22F2N6O2/c1-21(2,3)29-18(24)15(19(25)30)16(28-29)11-7-9-12(10-8-11)26-20(31)27-17-13(22)5-4-6-14(17)23/h4-10H,24H2,1-3H3,(H2,25,30)(H2,26,27,31). The lowest BCUT2D eigenvalue weighted by atomic mass is 10.1. The minimum Gasteiger partial charge on any atom is -0.383 e. The molecule has 8 nitrogen and oxygen atoms in total. The molecule has 6 N–H and O–H groups in total. The number of para-hydroxylation sites is 1. The molecule has 0 saturated carbocycles. The summed E-state index contributed by atoms with van der Waals surface area (Å²) < 4.78 is 28.9. The predicted molar refractivity (Wildman–Crippen MR) is 115 cm³/mol. The molecule has 3 rings (SSSR count). The van der Waals surface area contributed by atoms with E-state index in [0.29, 0.717) is 16.9 Å². The van der Waals surface area contributed by atoms with Gasteiger partial charge in [0.2, 0.25) is 0 Å². The summed E-state index contributed by atoms with van der Waals surface area (Å²) in [6.45, 7) is 5.65. The molecule has 0 fully saturated rings. The summed E-state index contributed by atoms with van der Waals surface area (Å²) in [6, 6.07) is 8.75. The van der Waals surface area contributed by atoms with E-state index in [-0.39, 0.29) is 11.4 Å². The lowest BCUT2D eigenvalue weighted by Gasteiger charge is -2.20. The molecule has 0 radical (unpaired) electrons. The first kappa shape index (κ1) is 21.8. The van der Waals surface area contributed by atoms with Crippen LogP contribution in [0.4, 0.5) is 30.8 Å². The van der Waals surface area contributed by atoms with Gasteiger partial charge >= 0.3 is 6.03 Å². The van der Waals surface area contributed by atoms with Crippen LogP contribution in [0.15, 0.2) is 42.5 Å². The fraction of sp³-hybridized carbons (Fsp3) is 0.190. The van der Waals surface area contributed by atoms with Gasteiger partial charge in [-0.3, -0.25) is 4.79 Å². The highest BCUT2D eigenvalue weighted by molar-refractivity contribution is 6.03. The third-order valence-electron chi connectivity index (χ3n) is 4.42. The summed E-state index contributed by atoms with van der Waals surface area (Å²) in [5.41, 5.74) is 11.9. The van der Waals surface area contributed by atoms with E-state index >= 15 is 0 Å². The van der Waals surface area contributed by atoms with Gasteiger partial charge in [0.1, 0.15) is 34.4 Å². The quantitative estimate of drug-likeness (QED) is 0.502. The van der Waals surface area contributed by atoms with E-state index in [0.717, 1.165) is 12.1 Å². The Hall–Kier alpha value is -3.95. The number of urea groups is 1. The van der Waals surface area contributed by atoms with Crippen molar-refractivity contribution in [3.05, 3.63) is 59.7 Å². The molecular formula is C21H22F2N6O2. The number of hydrogen-bond donors (Lipinski definition) is 4. The molecule has 0 atom stereocenters. The minimum atomic E-state index is -0.892. The third-order valence-corrected chi connectivity index (χ3v) is 4.42. The molecule has 0 bridgehead atoms. The Balaban J connectivity index is 1.84. The van der Waals surface area contributed by atoms with E-state index in [4.69, 9.17) is 11.5 Å². The van der Waals surface area contributed by atoms with Crippen LogP contribution in [-0.2, 0) is 5.54 Å². The second kappa shape index (κ2) is 8.05. The van der Waals surface area contributed by atoms with Crippen molar-refractivity contribution in [2.75, 3.05) is 16.4 Å². The number of nitrogens with two attached hydrogens (primary N) is 2. The Morgan fingerprint density at radius 1 is 1.00 bits per heavy atom. The fourth-order valence-electron chi connectivity index (χ4n) is 2.99. The Labute approximate surface area is 177 Å². The number of primary amides is 1. The first-order valence-corrected chi connectivity index (χ1v) is 9.30. The Bertz CT molecular complexity index is 1130. The highest BCUT2D eigenvalue weighted by Gasteiger charge is 2.26. The molecule has 0 unspecified atom stereocenters. The second-order valence-corrected chi connectivity index (χ2v) is 7.81. The van der Waals surface area contributed by atoms with Gasteiger partial charge in [-0.15, -0.1) is 0 Å². The van der Waals surface area contributed by atoms with Crippen molar-refractivity contribution in [1.29, 1.82) is 0 Å². The molecule has 1 aromatic heterocycles. The van der Waals surface area contributed by atoms with Crippen molar-refractivity contribution in [3.63, 3.8) is 0 Å². The number of benzene rings is 2. The molecule has 3 aromatic rings. The lowest BCUT2D eigenvalue weighted by Crippen LogP contribution is -2.25. The number of anilines is 3.